The van der Waals surface area contributed by atoms with Crippen molar-refractivity contribution in [2.45, 2.75) is 17.5 Å². The smallest absolute Gasteiger partial charge is 0.396 e. The van der Waals surface area contributed by atoms with Crippen LogP contribution < -0.4 is 5.73 Å². The van der Waals surface area contributed by atoms with Gasteiger partial charge in [0.15, 0.2) is 0 Å². The molecule has 116 valence electrons. The number of nitrogens with two attached hydrogens (primary N) is 1. The number of benzene rings is 1. The number of nitrogens with zero attached hydrogens (tertiary/aromatic N) is 1. The van der Waals surface area contributed by atoms with E-state index in [0.29, 0.717) is 0 Å². The van der Waals surface area contributed by atoms with E-state index in [4.69, 9.17) is 5.73 Å². The Hall–Kier alpha value is -1.61. The molecule has 2 N–H and O–H groups in total. The van der Waals surface area contributed by atoms with E-state index in [9.17, 15) is 26.0 Å². The van der Waals surface area contributed by atoms with Crippen LogP contribution in [0.15, 0.2) is 34.7 Å². The Morgan fingerprint density at radius 2 is 1.90 bits per heavy atom. The summed E-state index contributed by atoms with van der Waals surface area (Å²) in [4.78, 5) is -0.335. The van der Waals surface area contributed by atoms with Crippen LogP contribution in [0, 0.1) is 5.82 Å². The van der Waals surface area contributed by atoms with E-state index in [2.05, 4.69) is 0 Å². The molecule has 1 aliphatic rings. The van der Waals surface area contributed by atoms with Gasteiger partial charge in [0.1, 0.15) is 5.82 Å². The van der Waals surface area contributed by atoms with E-state index in [0.717, 1.165) is 28.6 Å². The standard InChI is InChI=1S/C12H12F4N2O2S/c13-10-7-9(1-2-11(10)17)21(19,20)18-5-3-8(4-6-18)12(14,15)16/h1-3,7H,4-6,17H2. The van der Waals surface area contributed by atoms with Crippen LogP contribution in [0.25, 0.3) is 0 Å². The van der Waals surface area contributed by atoms with E-state index in [1.165, 1.54) is 0 Å². The molecule has 0 fully saturated rings. The van der Waals surface area contributed by atoms with Crippen LogP contribution in [-0.4, -0.2) is 32.0 Å². The predicted molar refractivity (Wildman–Crippen MR) is 68.3 cm³/mol. The minimum Gasteiger partial charge on any atom is -0.396 e. The molecule has 0 bridgehead atoms. The zero-order valence-electron chi connectivity index (χ0n) is 10.7. The molecule has 4 nitrogen and oxygen atoms in total. The minimum absolute atomic E-state index is 0.202. The lowest BCUT2D eigenvalue weighted by Gasteiger charge is -2.26. The number of nitrogen functional groups attached to an aromatic ring is 1. The quantitative estimate of drug-likeness (QED) is 0.516. The molecule has 21 heavy (non-hydrogen) atoms. The van der Waals surface area contributed by atoms with Gasteiger partial charge in [0.25, 0.3) is 0 Å². The molecule has 1 aliphatic heterocycles. The molecule has 0 amide bonds. The van der Waals surface area contributed by atoms with Crippen molar-refractivity contribution in [3.8, 4) is 0 Å². The van der Waals surface area contributed by atoms with Crippen LogP contribution in [0.4, 0.5) is 23.2 Å². The van der Waals surface area contributed by atoms with Gasteiger partial charge in [-0.15, -0.1) is 0 Å². The van der Waals surface area contributed by atoms with E-state index < -0.39 is 40.6 Å². The molecule has 0 saturated heterocycles. The second-order valence-corrected chi connectivity index (χ2v) is 6.46. The maximum absolute atomic E-state index is 13.3. The van der Waals surface area contributed by atoms with Crippen molar-refractivity contribution < 1.29 is 26.0 Å². The summed E-state index contributed by atoms with van der Waals surface area (Å²) in [6, 6.07) is 2.98. The molecule has 1 aromatic rings. The summed E-state index contributed by atoms with van der Waals surface area (Å²) in [5.41, 5.74) is 4.30. The number of hydrogen-bond donors (Lipinski definition) is 1. The van der Waals surface area contributed by atoms with Crippen LogP contribution >= 0.6 is 0 Å². The number of hydrogen-bond acceptors (Lipinski definition) is 3. The second-order valence-electron chi connectivity index (χ2n) is 4.52. The fraction of sp³-hybridized carbons (Fsp3) is 0.333. The monoisotopic (exact) mass is 324 g/mol. The first-order valence-corrected chi connectivity index (χ1v) is 7.38. The topological polar surface area (TPSA) is 63.4 Å². The summed E-state index contributed by atoms with van der Waals surface area (Å²) in [5, 5.41) is 0. The maximum atomic E-state index is 13.3. The maximum Gasteiger partial charge on any atom is 0.412 e. The van der Waals surface area contributed by atoms with Crippen molar-refractivity contribution in [2.24, 2.45) is 0 Å². The lowest BCUT2D eigenvalue weighted by molar-refractivity contribution is -0.0953. The lowest BCUT2D eigenvalue weighted by Crippen LogP contribution is -2.36. The van der Waals surface area contributed by atoms with Gasteiger partial charge in [-0.2, -0.15) is 17.5 Å². The average molecular weight is 324 g/mol. The van der Waals surface area contributed by atoms with Crippen molar-refractivity contribution in [1.82, 2.24) is 4.31 Å². The van der Waals surface area contributed by atoms with Gasteiger partial charge in [-0.25, -0.2) is 12.8 Å². The molecular weight excluding hydrogens is 312 g/mol. The van der Waals surface area contributed by atoms with Crippen molar-refractivity contribution in [2.75, 3.05) is 18.8 Å². The SMILES string of the molecule is Nc1ccc(S(=O)(=O)N2CC=C(C(F)(F)F)CC2)cc1F. The van der Waals surface area contributed by atoms with E-state index in [1.54, 1.807) is 0 Å². The predicted octanol–water partition coefficient (Wildman–Crippen LogP) is 2.29. The normalized spacial score (nSPS) is 17.6. The van der Waals surface area contributed by atoms with Crippen molar-refractivity contribution in [3.05, 3.63) is 35.7 Å². The van der Waals surface area contributed by atoms with Gasteiger partial charge >= 0.3 is 6.18 Å². The third kappa shape index (κ3) is 3.18. The number of sulfonamides is 1. The van der Waals surface area contributed by atoms with Gasteiger partial charge < -0.3 is 5.73 Å². The van der Waals surface area contributed by atoms with Gasteiger partial charge in [-0.1, -0.05) is 6.08 Å². The van der Waals surface area contributed by atoms with Gasteiger partial charge in [-0.3, -0.25) is 0 Å². The summed E-state index contributed by atoms with van der Waals surface area (Å²) in [5.74, 6) is -0.889. The molecule has 0 saturated carbocycles. The fourth-order valence-electron chi connectivity index (χ4n) is 1.94. The highest BCUT2D eigenvalue weighted by molar-refractivity contribution is 7.89. The van der Waals surface area contributed by atoms with Crippen LogP contribution in [0.1, 0.15) is 6.42 Å². The fourth-order valence-corrected chi connectivity index (χ4v) is 3.34. The third-order valence-corrected chi connectivity index (χ3v) is 5.01. The Morgan fingerprint density at radius 1 is 1.24 bits per heavy atom. The highest BCUT2D eigenvalue weighted by Gasteiger charge is 2.37. The number of alkyl halides is 3. The first kappa shape index (κ1) is 15.8. The molecule has 2 rings (SSSR count). The summed E-state index contributed by atoms with van der Waals surface area (Å²) in [6.45, 7) is -0.706. The van der Waals surface area contributed by atoms with E-state index in [1.807, 2.05) is 0 Å². The zero-order chi connectivity index (χ0) is 15.8. The molecular formula is C12H12F4N2O2S. The molecule has 0 aromatic heterocycles. The number of halogens is 4. The molecule has 1 heterocycles. The Morgan fingerprint density at radius 3 is 2.38 bits per heavy atom. The third-order valence-electron chi connectivity index (χ3n) is 3.15. The Bertz CT molecular complexity index is 683. The summed E-state index contributed by atoms with van der Waals surface area (Å²) >= 11 is 0. The molecule has 0 aliphatic carbocycles. The number of rotatable bonds is 2. The van der Waals surface area contributed by atoms with Crippen LogP contribution in [0.2, 0.25) is 0 Å². The van der Waals surface area contributed by atoms with E-state index >= 15 is 0 Å². The Balaban J connectivity index is 2.26. The van der Waals surface area contributed by atoms with Gasteiger partial charge in [0.2, 0.25) is 10.0 Å². The van der Waals surface area contributed by atoms with Gasteiger partial charge in [-0.05, 0) is 24.6 Å². The van der Waals surface area contributed by atoms with Crippen molar-refractivity contribution in [1.29, 1.82) is 0 Å². The Kier molecular flexibility index (Phi) is 3.98. The Labute approximate surface area is 118 Å². The summed E-state index contributed by atoms with van der Waals surface area (Å²) in [7, 11) is -4.04. The summed E-state index contributed by atoms with van der Waals surface area (Å²) < 4.78 is 76.1. The summed E-state index contributed by atoms with van der Waals surface area (Å²) in [6.07, 6.45) is -4.06. The highest BCUT2D eigenvalue weighted by Crippen LogP contribution is 2.31. The molecule has 0 radical (unpaired) electrons. The van der Waals surface area contributed by atoms with Gasteiger partial charge in [0.05, 0.1) is 10.6 Å². The van der Waals surface area contributed by atoms with E-state index in [-0.39, 0.29) is 17.1 Å². The van der Waals surface area contributed by atoms with Gasteiger partial charge in [0, 0.05) is 18.7 Å². The average Bonchev–Trinajstić information content (AvgIpc) is 2.41. The molecule has 1 aromatic carbocycles. The zero-order valence-corrected chi connectivity index (χ0v) is 11.5. The largest absolute Gasteiger partial charge is 0.412 e. The first-order chi connectivity index (χ1) is 9.62. The van der Waals surface area contributed by atoms with Crippen molar-refractivity contribution >= 4 is 15.7 Å². The minimum atomic E-state index is -4.46. The number of anilines is 1. The lowest BCUT2D eigenvalue weighted by atomic mass is 10.1. The van der Waals surface area contributed by atoms with Crippen LogP contribution in [0.3, 0.4) is 0 Å². The molecule has 0 spiro atoms. The van der Waals surface area contributed by atoms with Crippen molar-refractivity contribution in [3.63, 3.8) is 0 Å². The first-order valence-electron chi connectivity index (χ1n) is 5.94. The molecule has 9 heteroatoms. The molecule has 0 unspecified atom stereocenters. The van der Waals surface area contributed by atoms with Crippen LogP contribution in [-0.2, 0) is 10.0 Å². The highest BCUT2D eigenvalue weighted by atomic mass is 32.2. The second kappa shape index (κ2) is 5.30. The van der Waals surface area contributed by atoms with Crippen LogP contribution in [0.5, 0.6) is 0 Å². The molecule has 0 atom stereocenters.